The van der Waals surface area contributed by atoms with Gasteiger partial charge in [-0.1, -0.05) is 30.3 Å². The first-order chi connectivity index (χ1) is 9.34. The number of rotatable bonds is 4. The van der Waals surface area contributed by atoms with Gasteiger partial charge in [0.25, 0.3) is 5.91 Å². The van der Waals surface area contributed by atoms with Gasteiger partial charge in [-0.3, -0.25) is 9.78 Å². The molecule has 19 heavy (non-hydrogen) atoms. The van der Waals surface area contributed by atoms with Crippen LogP contribution in [0.2, 0.25) is 0 Å². The van der Waals surface area contributed by atoms with Gasteiger partial charge >= 0.3 is 0 Å². The molecule has 4 nitrogen and oxygen atoms in total. The smallest absolute Gasteiger partial charge is 0.264 e. The Morgan fingerprint density at radius 1 is 1.05 bits per heavy atom. The van der Waals surface area contributed by atoms with Gasteiger partial charge in [0, 0.05) is 18.5 Å². The van der Waals surface area contributed by atoms with Crippen LogP contribution >= 0.6 is 0 Å². The lowest BCUT2D eigenvalue weighted by molar-refractivity contribution is -0.116. The van der Waals surface area contributed by atoms with E-state index in [2.05, 4.69) is 15.5 Å². The topological polar surface area (TPSA) is 54.4 Å². The number of hydrazone groups is 1. The quantitative estimate of drug-likeness (QED) is 0.514. The SMILES string of the molecule is O=C(/C=C/c1ccccc1)NN=Cc1ccncc1. The molecule has 0 unspecified atom stereocenters. The Bertz CT molecular complexity index is 577. The van der Waals surface area contributed by atoms with Gasteiger partial charge in [0.2, 0.25) is 0 Å². The third kappa shape index (κ3) is 4.55. The van der Waals surface area contributed by atoms with E-state index < -0.39 is 0 Å². The number of pyridine rings is 1. The third-order valence-corrected chi connectivity index (χ3v) is 2.32. The average molecular weight is 251 g/mol. The van der Waals surface area contributed by atoms with Crippen molar-refractivity contribution >= 4 is 18.2 Å². The molecule has 0 saturated carbocycles. The lowest BCUT2D eigenvalue weighted by atomic mass is 10.2. The zero-order valence-corrected chi connectivity index (χ0v) is 10.2. The van der Waals surface area contributed by atoms with E-state index in [1.807, 2.05) is 30.3 Å². The van der Waals surface area contributed by atoms with E-state index in [1.165, 1.54) is 6.08 Å². The van der Waals surface area contributed by atoms with Crippen molar-refractivity contribution in [3.8, 4) is 0 Å². The van der Waals surface area contributed by atoms with E-state index in [0.29, 0.717) is 0 Å². The minimum absolute atomic E-state index is 0.269. The summed E-state index contributed by atoms with van der Waals surface area (Å²) in [4.78, 5) is 15.4. The Balaban J connectivity index is 1.85. The number of nitrogens with zero attached hydrogens (tertiary/aromatic N) is 2. The van der Waals surface area contributed by atoms with Crippen molar-refractivity contribution < 1.29 is 4.79 Å². The zero-order valence-electron chi connectivity index (χ0n) is 10.2. The lowest BCUT2D eigenvalue weighted by Gasteiger charge is -1.94. The van der Waals surface area contributed by atoms with Gasteiger partial charge < -0.3 is 0 Å². The first-order valence-corrected chi connectivity index (χ1v) is 5.81. The number of carbonyl (C=O) groups is 1. The molecule has 0 atom stereocenters. The standard InChI is InChI=1S/C15H13N3O/c19-15(7-6-13-4-2-1-3-5-13)18-17-12-14-8-10-16-11-9-14/h1-12H,(H,18,19)/b7-6+,17-12?. The molecule has 0 aliphatic rings. The van der Waals surface area contributed by atoms with Crippen LogP contribution in [-0.2, 0) is 4.79 Å². The Hall–Kier alpha value is -2.75. The maximum absolute atomic E-state index is 11.5. The van der Waals surface area contributed by atoms with E-state index >= 15 is 0 Å². The van der Waals surface area contributed by atoms with Crippen LogP contribution in [-0.4, -0.2) is 17.1 Å². The molecule has 0 spiro atoms. The van der Waals surface area contributed by atoms with Crippen LogP contribution in [0, 0.1) is 0 Å². The molecule has 2 rings (SSSR count). The molecular formula is C15H13N3O. The Labute approximate surface area is 111 Å². The summed E-state index contributed by atoms with van der Waals surface area (Å²) in [6.45, 7) is 0. The fourth-order valence-corrected chi connectivity index (χ4v) is 1.39. The van der Waals surface area contributed by atoms with E-state index in [1.54, 1.807) is 36.8 Å². The van der Waals surface area contributed by atoms with Crippen molar-refractivity contribution in [1.82, 2.24) is 10.4 Å². The molecule has 1 amide bonds. The van der Waals surface area contributed by atoms with E-state index in [9.17, 15) is 4.79 Å². The first kappa shape index (κ1) is 12.7. The molecule has 0 aliphatic carbocycles. The van der Waals surface area contributed by atoms with Gasteiger partial charge in [0.15, 0.2) is 0 Å². The molecule has 0 saturated heterocycles. The highest BCUT2D eigenvalue weighted by atomic mass is 16.2. The van der Waals surface area contributed by atoms with Crippen LogP contribution in [0.3, 0.4) is 0 Å². The van der Waals surface area contributed by atoms with Crippen LogP contribution in [0.15, 0.2) is 66.0 Å². The van der Waals surface area contributed by atoms with Crippen LogP contribution in [0.5, 0.6) is 0 Å². The molecule has 1 aromatic carbocycles. The molecule has 2 aromatic rings. The summed E-state index contributed by atoms with van der Waals surface area (Å²) in [5, 5.41) is 3.85. The van der Waals surface area contributed by atoms with Gasteiger partial charge in [-0.05, 0) is 29.3 Å². The number of hydrogen-bond acceptors (Lipinski definition) is 3. The van der Waals surface area contributed by atoms with Gasteiger partial charge in [0.05, 0.1) is 6.21 Å². The molecule has 1 N–H and O–H groups in total. The summed E-state index contributed by atoms with van der Waals surface area (Å²) in [7, 11) is 0. The summed E-state index contributed by atoms with van der Waals surface area (Å²) >= 11 is 0. The second kappa shape index (κ2) is 6.86. The van der Waals surface area contributed by atoms with Gasteiger partial charge in [-0.15, -0.1) is 0 Å². The first-order valence-electron chi connectivity index (χ1n) is 5.81. The highest BCUT2D eigenvalue weighted by Crippen LogP contribution is 2.00. The van der Waals surface area contributed by atoms with Crippen LogP contribution in [0.1, 0.15) is 11.1 Å². The Kier molecular flexibility index (Phi) is 4.58. The summed E-state index contributed by atoms with van der Waals surface area (Å²) in [5.74, 6) is -0.269. The van der Waals surface area contributed by atoms with Gasteiger partial charge in [-0.25, -0.2) is 5.43 Å². The summed E-state index contributed by atoms with van der Waals surface area (Å²) < 4.78 is 0. The van der Waals surface area contributed by atoms with Crippen LogP contribution in [0.25, 0.3) is 6.08 Å². The van der Waals surface area contributed by atoms with Gasteiger partial charge in [0.1, 0.15) is 0 Å². The van der Waals surface area contributed by atoms with Gasteiger partial charge in [-0.2, -0.15) is 5.10 Å². The fraction of sp³-hybridized carbons (Fsp3) is 0. The second-order valence-corrected chi connectivity index (χ2v) is 3.76. The molecule has 4 heteroatoms. The Morgan fingerprint density at radius 3 is 2.53 bits per heavy atom. The maximum Gasteiger partial charge on any atom is 0.264 e. The van der Waals surface area contributed by atoms with E-state index in [0.717, 1.165) is 11.1 Å². The number of aromatic nitrogens is 1. The number of amides is 1. The monoisotopic (exact) mass is 251 g/mol. The number of carbonyl (C=O) groups excluding carboxylic acids is 1. The summed E-state index contributed by atoms with van der Waals surface area (Å²) in [6.07, 6.45) is 8.07. The third-order valence-electron chi connectivity index (χ3n) is 2.32. The van der Waals surface area contributed by atoms with E-state index in [-0.39, 0.29) is 5.91 Å². The molecule has 1 heterocycles. The van der Waals surface area contributed by atoms with Crippen molar-refractivity contribution in [2.24, 2.45) is 5.10 Å². The highest BCUT2D eigenvalue weighted by molar-refractivity contribution is 5.92. The lowest BCUT2D eigenvalue weighted by Crippen LogP contribution is -2.14. The Morgan fingerprint density at radius 2 is 1.79 bits per heavy atom. The fourth-order valence-electron chi connectivity index (χ4n) is 1.39. The molecular weight excluding hydrogens is 238 g/mol. The minimum Gasteiger partial charge on any atom is -0.268 e. The maximum atomic E-state index is 11.5. The predicted octanol–water partition coefficient (Wildman–Crippen LogP) is 2.25. The molecule has 0 bridgehead atoms. The van der Waals surface area contributed by atoms with Crippen molar-refractivity contribution in [3.63, 3.8) is 0 Å². The highest BCUT2D eigenvalue weighted by Gasteiger charge is 1.91. The van der Waals surface area contributed by atoms with Crippen LogP contribution in [0.4, 0.5) is 0 Å². The number of nitrogens with one attached hydrogen (secondary N) is 1. The second-order valence-electron chi connectivity index (χ2n) is 3.76. The van der Waals surface area contributed by atoms with E-state index in [4.69, 9.17) is 0 Å². The molecule has 0 radical (unpaired) electrons. The number of hydrogen-bond donors (Lipinski definition) is 1. The zero-order chi connectivity index (χ0) is 13.3. The van der Waals surface area contributed by atoms with Crippen molar-refractivity contribution in [1.29, 1.82) is 0 Å². The predicted molar refractivity (Wildman–Crippen MR) is 75.4 cm³/mol. The normalized spacial score (nSPS) is 10.9. The van der Waals surface area contributed by atoms with Crippen molar-refractivity contribution in [2.45, 2.75) is 0 Å². The largest absolute Gasteiger partial charge is 0.268 e. The molecule has 1 aromatic heterocycles. The summed E-state index contributed by atoms with van der Waals surface area (Å²) in [6, 6.07) is 13.2. The number of benzene rings is 1. The van der Waals surface area contributed by atoms with Crippen molar-refractivity contribution in [3.05, 3.63) is 72.1 Å². The molecule has 0 aliphatic heterocycles. The van der Waals surface area contributed by atoms with Crippen LogP contribution < -0.4 is 5.43 Å². The summed E-state index contributed by atoms with van der Waals surface area (Å²) in [5.41, 5.74) is 4.27. The minimum atomic E-state index is -0.269. The molecule has 94 valence electrons. The van der Waals surface area contributed by atoms with Crippen molar-refractivity contribution in [2.75, 3.05) is 0 Å². The molecule has 0 fully saturated rings. The average Bonchev–Trinajstić information content (AvgIpc) is 2.47.